The Morgan fingerprint density at radius 1 is 0.966 bits per heavy atom. The molecule has 1 aliphatic rings. The molecule has 1 N–H and O–H groups in total. The lowest BCUT2D eigenvalue weighted by Gasteiger charge is -2.30. The number of hydrogen-bond acceptors (Lipinski definition) is 6. The molecule has 6 nitrogen and oxygen atoms in total. The standard InChI is InChI=1S/C22H19ClN4O2/c23-17-7-6-15(12-24-17)20-18(14-4-2-1-3-5-14)19-21(25-13-26-22(19)29-20)27-10-8-16(28)9-11-27/h1-7,12-13,16,28H,8-11H2. The Balaban J connectivity index is 1.75. The maximum Gasteiger partial charge on any atom is 0.232 e. The average molecular weight is 407 g/mol. The van der Waals surface area contributed by atoms with Crippen molar-refractivity contribution < 1.29 is 9.52 Å². The van der Waals surface area contributed by atoms with Gasteiger partial charge in [-0.1, -0.05) is 41.9 Å². The van der Waals surface area contributed by atoms with Crippen LogP contribution in [0.25, 0.3) is 33.6 Å². The number of halogens is 1. The molecule has 1 aromatic carbocycles. The fourth-order valence-electron chi connectivity index (χ4n) is 3.83. The van der Waals surface area contributed by atoms with Gasteiger partial charge >= 0.3 is 0 Å². The van der Waals surface area contributed by atoms with Crippen molar-refractivity contribution in [3.8, 4) is 22.5 Å². The Bertz CT molecular complexity index is 1140. The van der Waals surface area contributed by atoms with Gasteiger partial charge in [0.15, 0.2) is 0 Å². The fraction of sp³-hybridized carbons (Fsp3) is 0.227. The van der Waals surface area contributed by atoms with Crippen LogP contribution < -0.4 is 4.90 Å². The molecule has 3 aromatic heterocycles. The van der Waals surface area contributed by atoms with E-state index in [1.807, 2.05) is 36.4 Å². The van der Waals surface area contributed by atoms with Crippen molar-refractivity contribution in [1.82, 2.24) is 15.0 Å². The summed E-state index contributed by atoms with van der Waals surface area (Å²) in [6.45, 7) is 1.48. The van der Waals surface area contributed by atoms with Gasteiger partial charge < -0.3 is 14.4 Å². The predicted octanol–water partition coefficient (Wildman–Crippen LogP) is 4.57. The quantitative estimate of drug-likeness (QED) is 0.502. The first kappa shape index (κ1) is 18.1. The molecule has 0 aliphatic carbocycles. The van der Waals surface area contributed by atoms with Gasteiger partial charge in [-0.25, -0.2) is 15.0 Å². The number of fused-ring (bicyclic) bond motifs is 1. The van der Waals surface area contributed by atoms with E-state index < -0.39 is 0 Å². The van der Waals surface area contributed by atoms with Crippen LogP contribution >= 0.6 is 11.6 Å². The monoisotopic (exact) mass is 406 g/mol. The van der Waals surface area contributed by atoms with Gasteiger partial charge in [-0.3, -0.25) is 0 Å². The second-order valence-corrected chi connectivity index (χ2v) is 7.52. The molecule has 1 aliphatic heterocycles. The maximum atomic E-state index is 9.90. The number of furan rings is 1. The molecule has 1 saturated heterocycles. The zero-order chi connectivity index (χ0) is 19.8. The maximum absolute atomic E-state index is 9.90. The first-order valence-corrected chi connectivity index (χ1v) is 9.96. The Morgan fingerprint density at radius 2 is 1.76 bits per heavy atom. The Morgan fingerprint density at radius 3 is 2.48 bits per heavy atom. The van der Waals surface area contributed by atoms with Gasteiger partial charge in [0, 0.05) is 30.4 Å². The van der Waals surface area contributed by atoms with E-state index in [0.29, 0.717) is 16.6 Å². The molecule has 0 radical (unpaired) electrons. The third-order valence-electron chi connectivity index (χ3n) is 5.28. The number of aromatic nitrogens is 3. The van der Waals surface area contributed by atoms with Crippen LogP contribution in [0.15, 0.2) is 59.4 Å². The summed E-state index contributed by atoms with van der Waals surface area (Å²) in [7, 11) is 0. The third kappa shape index (κ3) is 3.34. The van der Waals surface area contributed by atoms with Gasteiger partial charge in [-0.2, -0.15) is 0 Å². The van der Waals surface area contributed by atoms with Crippen molar-refractivity contribution >= 4 is 28.5 Å². The number of pyridine rings is 1. The summed E-state index contributed by atoms with van der Waals surface area (Å²) in [5, 5.41) is 11.2. The number of aliphatic hydroxyl groups excluding tert-OH is 1. The second-order valence-electron chi connectivity index (χ2n) is 7.14. The van der Waals surface area contributed by atoms with E-state index >= 15 is 0 Å². The van der Waals surface area contributed by atoms with Gasteiger partial charge in [0.1, 0.15) is 23.1 Å². The minimum atomic E-state index is -0.253. The molecule has 146 valence electrons. The molecular weight excluding hydrogens is 388 g/mol. The van der Waals surface area contributed by atoms with Crippen molar-refractivity contribution in [2.24, 2.45) is 0 Å². The van der Waals surface area contributed by atoms with Crippen LogP contribution in [0, 0.1) is 0 Å². The summed E-state index contributed by atoms with van der Waals surface area (Å²) in [6.07, 6.45) is 4.43. The first-order valence-electron chi connectivity index (χ1n) is 9.58. The molecule has 0 saturated carbocycles. The van der Waals surface area contributed by atoms with Gasteiger partial charge in [-0.05, 0) is 30.5 Å². The molecule has 0 amide bonds. The summed E-state index contributed by atoms with van der Waals surface area (Å²) in [5.41, 5.74) is 3.31. The summed E-state index contributed by atoms with van der Waals surface area (Å²) >= 11 is 5.98. The van der Waals surface area contributed by atoms with Crippen molar-refractivity contribution in [2.75, 3.05) is 18.0 Å². The number of benzene rings is 1. The van der Waals surface area contributed by atoms with Gasteiger partial charge in [-0.15, -0.1) is 0 Å². The minimum absolute atomic E-state index is 0.253. The van der Waals surface area contributed by atoms with Gasteiger partial charge in [0.25, 0.3) is 0 Å². The van der Waals surface area contributed by atoms with E-state index in [1.165, 1.54) is 6.33 Å². The van der Waals surface area contributed by atoms with Crippen LogP contribution in [-0.4, -0.2) is 39.3 Å². The highest BCUT2D eigenvalue weighted by molar-refractivity contribution is 6.29. The van der Waals surface area contributed by atoms with E-state index in [-0.39, 0.29) is 6.10 Å². The number of rotatable bonds is 3. The number of anilines is 1. The highest BCUT2D eigenvalue weighted by Gasteiger charge is 2.26. The van der Waals surface area contributed by atoms with Crippen LogP contribution in [-0.2, 0) is 0 Å². The summed E-state index contributed by atoms with van der Waals surface area (Å²) in [4.78, 5) is 15.4. The molecule has 4 heterocycles. The molecule has 7 heteroatoms. The Kier molecular flexibility index (Phi) is 4.66. The van der Waals surface area contributed by atoms with Crippen LogP contribution in [0.4, 0.5) is 5.82 Å². The van der Waals surface area contributed by atoms with E-state index in [1.54, 1.807) is 12.3 Å². The normalized spacial score (nSPS) is 15.2. The number of piperidine rings is 1. The van der Waals surface area contributed by atoms with Crippen LogP contribution in [0.1, 0.15) is 12.8 Å². The van der Waals surface area contributed by atoms with E-state index in [9.17, 15) is 5.11 Å². The molecule has 0 spiro atoms. The fourth-order valence-corrected chi connectivity index (χ4v) is 3.94. The van der Waals surface area contributed by atoms with E-state index in [0.717, 1.165) is 53.8 Å². The van der Waals surface area contributed by atoms with Crippen molar-refractivity contribution in [3.63, 3.8) is 0 Å². The van der Waals surface area contributed by atoms with Crippen molar-refractivity contribution in [3.05, 3.63) is 60.1 Å². The molecule has 4 aromatic rings. The van der Waals surface area contributed by atoms with Crippen LogP contribution in [0.3, 0.4) is 0 Å². The average Bonchev–Trinajstić information content (AvgIpc) is 3.15. The molecule has 29 heavy (non-hydrogen) atoms. The molecular formula is C22H19ClN4O2. The molecule has 0 unspecified atom stereocenters. The molecule has 5 rings (SSSR count). The summed E-state index contributed by atoms with van der Waals surface area (Å²) < 4.78 is 6.22. The van der Waals surface area contributed by atoms with Crippen molar-refractivity contribution in [1.29, 1.82) is 0 Å². The van der Waals surface area contributed by atoms with Gasteiger partial charge in [0.05, 0.1) is 11.5 Å². The number of aliphatic hydroxyl groups is 1. The Hall–Kier alpha value is -2.96. The molecule has 1 fully saturated rings. The predicted molar refractivity (Wildman–Crippen MR) is 113 cm³/mol. The largest absolute Gasteiger partial charge is 0.437 e. The lowest BCUT2D eigenvalue weighted by atomic mass is 9.99. The van der Waals surface area contributed by atoms with Gasteiger partial charge in [0.2, 0.25) is 5.71 Å². The van der Waals surface area contributed by atoms with Crippen LogP contribution in [0.2, 0.25) is 5.15 Å². The topological polar surface area (TPSA) is 75.3 Å². The highest BCUT2D eigenvalue weighted by atomic mass is 35.5. The van der Waals surface area contributed by atoms with Crippen LogP contribution in [0.5, 0.6) is 0 Å². The third-order valence-corrected chi connectivity index (χ3v) is 5.51. The summed E-state index contributed by atoms with van der Waals surface area (Å²) in [5.74, 6) is 1.52. The molecule has 0 atom stereocenters. The first-order chi connectivity index (χ1) is 14.2. The lowest BCUT2D eigenvalue weighted by molar-refractivity contribution is 0.145. The zero-order valence-electron chi connectivity index (χ0n) is 15.6. The summed E-state index contributed by atoms with van der Waals surface area (Å²) in [6, 6.07) is 13.7. The zero-order valence-corrected chi connectivity index (χ0v) is 16.4. The number of nitrogens with zero attached hydrogens (tertiary/aromatic N) is 4. The van der Waals surface area contributed by atoms with E-state index in [4.69, 9.17) is 16.0 Å². The SMILES string of the molecule is OC1CCN(c2ncnc3oc(-c4ccc(Cl)nc4)c(-c4ccccc4)c23)CC1. The lowest BCUT2D eigenvalue weighted by Crippen LogP contribution is -2.36. The minimum Gasteiger partial charge on any atom is -0.437 e. The van der Waals surface area contributed by atoms with Crippen molar-refractivity contribution in [2.45, 2.75) is 18.9 Å². The smallest absolute Gasteiger partial charge is 0.232 e. The number of hydrogen-bond donors (Lipinski definition) is 1. The van der Waals surface area contributed by atoms with E-state index in [2.05, 4.69) is 19.9 Å². The Labute approximate surface area is 172 Å². The highest BCUT2D eigenvalue weighted by Crippen LogP contribution is 2.43. The molecule has 0 bridgehead atoms. The second kappa shape index (κ2) is 7.46.